The fourth-order valence-corrected chi connectivity index (χ4v) is 4.35. The first-order chi connectivity index (χ1) is 16.3. The fraction of sp³-hybridized carbons (Fsp3) is 0.0323. The van der Waals surface area contributed by atoms with Crippen molar-refractivity contribution in [2.24, 2.45) is 0 Å². The van der Waals surface area contributed by atoms with E-state index >= 15 is 0 Å². The summed E-state index contributed by atoms with van der Waals surface area (Å²) in [7, 11) is 0. The molecule has 1 heterocycles. The van der Waals surface area contributed by atoms with Gasteiger partial charge in [0, 0.05) is 28.0 Å². The van der Waals surface area contributed by atoms with E-state index in [0.29, 0.717) is 0 Å². The van der Waals surface area contributed by atoms with Crippen molar-refractivity contribution in [2.45, 2.75) is 6.92 Å². The lowest BCUT2D eigenvalue weighted by Gasteiger charge is -2.10. The first kappa shape index (κ1) is 20.6. The number of allylic oxidation sites excluding steroid dienone is 1. The summed E-state index contributed by atoms with van der Waals surface area (Å²) in [5.41, 5.74) is 9.12. The minimum Gasteiger partial charge on any atom is -0.356 e. The van der Waals surface area contributed by atoms with Crippen LogP contribution in [0.15, 0.2) is 116 Å². The molecule has 0 aliphatic carbocycles. The van der Waals surface area contributed by atoms with Crippen molar-refractivity contribution in [1.29, 1.82) is 0 Å². The van der Waals surface area contributed by atoms with Gasteiger partial charge in [-0.25, -0.2) is 0 Å². The average molecular weight is 427 g/mol. The highest BCUT2D eigenvalue weighted by molar-refractivity contribution is 5.97. The number of hydrogen-bond acceptors (Lipinski definition) is 1. The molecule has 160 valence electrons. The van der Waals surface area contributed by atoms with Crippen molar-refractivity contribution >= 4 is 34.4 Å². The zero-order chi connectivity index (χ0) is 22.6. The molecule has 0 spiro atoms. The summed E-state index contributed by atoms with van der Waals surface area (Å²) in [5.74, 6) is 0. The minimum absolute atomic E-state index is 1.06. The molecule has 1 aromatic heterocycles. The third kappa shape index (κ3) is 3.99. The number of hydrogen-bond donors (Lipinski definition) is 1. The Labute approximate surface area is 195 Å². The summed E-state index contributed by atoms with van der Waals surface area (Å²) in [6.07, 6.45) is 6.19. The molecule has 0 aliphatic rings. The van der Waals surface area contributed by atoms with Crippen LogP contribution < -0.4 is 5.32 Å². The quantitative estimate of drug-likeness (QED) is 0.287. The molecule has 0 fully saturated rings. The molecule has 1 N–H and O–H groups in total. The van der Waals surface area contributed by atoms with E-state index in [-0.39, 0.29) is 0 Å². The van der Waals surface area contributed by atoms with Crippen molar-refractivity contribution in [3.63, 3.8) is 0 Å². The molecule has 0 unspecified atom stereocenters. The van der Waals surface area contributed by atoms with Crippen LogP contribution in [-0.4, -0.2) is 4.57 Å². The standard InChI is InChI=1S/C31H26N2/c1-3-11-28-29-22-26(32-25-18-16-24(17-19-25)23-12-7-5-8-13-23)20-21-31(29)33(30(28)4-2)27-14-9-6-10-15-27/h3-22,32H,2H2,1H3/b11-3-. The Bertz CT molecular complexity index is 1420. The monoisotopic (exact) mass is 426 g/mol. The average Bonchev–Trinajstić information content (AvgIpc) is 3.18. The lowest BCUT2D eigenvalue weighted by atomic mass is 10.1. The van der Waals surface area contributed by atoms with Crippen molar-refractivity contribution in [2.75, 3.05) is 5.32 Å². The summed E-state index contributed by atoms with van der Waals surface area (Å²) in [6, 6.07) is 36.0. The highest BCUT2D eigenvalue weighted by Crippen LogP contribution is 2.34. The predicted molar refractivity (Wildman–Crippen MR) is 143 cm³/mol. The summed E-state index contributed by atoms with van der Waals surface area (Å²) in [6.45, 7) is 6.16. The van der Waals surface area contributed by atoms with Crippen LogP contribution in [0, 0.1) is 0 Å². The second kappa shape index (κ2) is 9.05. The van der Waals surface area contributed by atoms with Gasteiger partial charge < -0.3 is 9.88 Å². The van der Waals surface area contributed by atoms with E-state index in [1.54, 1.807) is 0 Å². The predicted octanol–water partition coefficient (Wildman–Crippen LogP) is 8.72. The molecule has 0 aliphatic heterocycles. The van der Waals surface area contributed by atoms with E-state index in [1.807, 2.05) is 18.2 Å². The van der Waals surface area contributed by atoms with Gasteiger partial charge in [-0.1, -0.05) is 79.4 Å². The SMILES string of the molecule is C=Cc1c(/C=C\C)c2cc(Nc3ccc(-c4ccccc4)cc3)ccc2n1-c1ccccc1. The molecule has 0 radical (unpaired) electrons. The van der Waals surface area contributed by atoms with Gasteiger partial charge in [0.25, 0.3) is 0 Å². The van der Waals surface area contributed by atoms with E-state index < -0.39 is 0 Å². The van der Waals surface area contributed by atoms with Crippen LogP contribution in [0.1, 0.15) is 18.2 Å². The zero-order valence-electron chi connectivity index (χ0n) is 18.7. The summed E-state index contributed by atoms with van der Waals surface area (Å²) in [4.78, 5) is 0. The third-order valence-corrected chi connectivity index (χ3v) is 5.87. The number of nitrogens with one attached hydrogen (secondary N) is 1. The van der Waals surface area contributed by atoms with Crippen molar-refractivity contribution in [3.8, 4) is 16.8 Å². The van der Waals surface area contributed by atoms with Gasteiger partial charge in [0.1, 0.15) is 0 Å². The number of nitrogens with zero attached hydrogens (tertiary/aromatic N) is 1. The number of anilines is 2. The maximum absolute atomic E-state index is 4.11. The lowest BCUT2D eigenvalue weighted by molar-refractivity contribution is 1.11. The van der Waals surface area contributed by atoms with E-state index in [1.165, 1.54) is 22.1 Å². The van der Waals surface area contributed by atoms with Crippen molar-refractivity contribution in [1.82, 2.24) is 4.57 Å². The molecular formula is C31H26N2. The molecule has 4 aromatic carbocycles. The van der Waals surface area contributed by atoms with Gasteiger partial charge >= 0.3 is 0 Å². The Hall–Kier alpha value is -4.30. The van der Waals surface area contributed by atoms with Gasteiger partial charge in [0.2, 0.25) is 0 Å². The van der Waals surface area contributed by atoms with Crippen LogP contribution in [0.5, 0.6) is 0 Å². The molecule has 5 aromatic rings. The van der Waals surface area contributed by atoms with Gasteiger partial charge in [0.15, 0.2) is 0 Å². The minimum atomic E-state index is 1.06. The van der Waals surface area contributed by atoms with Crippen LogP contribution >= 0.6 is 0 Å². The normalized spacial score (nSPS) is 11.2. The number of rotatable bonds is 6. The molecular weight excluding hydrogens is 400 g/mol. The summed E-state index contributed by atoms with van der Waals surface area (Å²) < 4.78 is 2.27. The molecule has 0 amide bonds. The summed E-state index contributed by atoms with van der Waals surface area (Å²) in [5, 5.41) is 4.76. The second-order valence-corrected chi connectivity index (χ2v) is 7.97. The van der Waals surface area contributed by atoms with Crippen molar-refractivity contribution in [3.05, 3.63) is 127 Å². The van der Waals surface area contributed by atoms with E-state index in [0.717, 1.165) is 28.3 Å². The molecule has 5 rings (SSSR count). The molecule has 33 heavy (non-hydrogen) atoms. The first-order valence-corrected chi connectivity index (χ1v) is 11.2. The van der Waals surface area contributed by atoms with Gasteiger partial charge in [-0.2, -0.15) is 0 Å². The highest BCUT2D eigenvalue weighted by atomic mass is 15.0. The maximum atomic E-state index is 4.11. The van der Waals surface area contributed by atoms with Gasteiger partial charge in [0.05, 0.1) is 11.2 Å². The number of aromatic nitrogens is 1. The molecule has 0 saturated heterocycles. The molecule has 0 atom stereocenters. The fourth-order valence-electron chi connectivity index (χ4n) is 4.35. The molecule has 2 nitrogen and oxygen atoms in total. The van der Waals surface area contributed by atoms with Crippen molar-refractivity contribution < 1.29 is 0 Å². The number of fused-ring (bicyclic) bond motifs is 1. The molecule has 2 heteroatoms. The van der Waals surface area contributed by atoms with Crippen LogP contribution in [-0.2, 0) is 0 Å². The van der Waals surface area contributed by atoms with Gasteiger partial charge in [-0.05, 0) is 66.6 Å². The first-order valence-electron chi connectivity index (χ1n) is 11.2. The van der Waals surface area contributed by atoms with Crippen LogP contribution in [0.2, 0.25) is 0 Å². The van der Waals surface area contributed by atoms with Crippen LogP contribution in [0.25, 0.3) is 39.9 Å². The Morgan fingerprint density at radius 1 is 0.727 bits per heavy atom. The smallest absolute Gasteiger partial charge is 0.0542 e. The van der Waals surface area contributed by atoms with E-state index in [4.69, 9.17) is 0 Å². The second-order valence-electron chi connectivity index (χ2n) is 7.97. The highest BCUT2D eigenvalue weighted by Gasteiger charge is 2.15. The van der Waals surface area contributed by atoms with Crippen LogP contribution in [0.3, 0.4) is 0 Å². The lowest BCUT2D eigenvalue weighted by Crippen LogP contribution is -1.96. The number of para-hydroxylation sites is 1. The Morgan fingerprint density at radius 2 is 1.36 bits per heavy atom. The van der Waals surface area contributed by atoms with E-state index in [9.17, 15) is 0 Å². The largest absolute Gasteiger partial charge is 0.356 e. The zero-order valence-corrected chi connectivity index (χ0v) is 18.7. The Balaban J connectivity index is 1.54. The van der Waals surface area contributed by atoms with Crippen LogP contribution in [0.4, 0.5) is 11.4 Å². The maximum Gasteiger partial charge on any atom is 0.0542 e. The van der Waals surface area contributed by atoms with E-state index in [2.05, 4.69) is 127 Å². The van der Waals surface area contributed by atoms with Gasteiger partial charge in [-0.3, -0.25) is 0 Å². The number of benzene rings is 4. The Morgan fingerprint density at radius 3 is 2.03 bits per heavy atom. The summed E-state index contributed by atoms with van der Waals surface area (Å²) >= 11 is 0. The Kier molecular flexibility index (Phi) is 5.65. The van der Waals surface area contributed by atoms with Gasteiger partial charge in [-0.15, -0.1) is 0 Å². The molecule has 0 bridgehead atoms. The molecule has 0 saturated carbocycles. The topological polar surface area (TPSA) is 17.0 Å². The third-order valence-electron chi connectivity index (χ3n) is 5.87.